The molecule has 0 aliphatic carbocycles. The van der Waals surface area contributed by atoms with Crippen LogP contribution < -0.4 is 5.32 Å². The lowest BCUT2D eigenvalue weighted by atomic mass is 10.1. The zero-order chi connectivity index (χ0) is 17.5. The van der Waals surface area contributed by atoms with Crippen LogP contribution in [0.5, 0.6) is 0 Å². The molecule has 1 aromatic heterocycles. The molecule has 1 atom stereocenters. The van der Waals surface area contributed by atoms with E-state index in [1.165, 1.54) is 0 Å². The lowest BCUT2D eigenvalue weighted by Crippen LogP contribution is -2.43. The number of carbonyl (C=O) groups is 1. The van der Waals surface area contributed by atoms with Crippen molar-refractivity contribution in [1.29, 1.82) is 0 Å². The molecular formula is C19H25N3O2. The Morgan fingerprint density at radius 1 is 1.33 bits per heavy atom. The topological polar surface area (TPSA) is 65.5 Å². The maximum Gasteiger partial charge on any atom is 0.241 e. The minimum atomic E-state index is -0.364. The number of aromatic nitrogens is 1. The summed E-state index contributed by atoms with van der Waals surface area (Å²) in [5.74, 6) is -0.0824. The summed E-state index contributed by atoms with van der Waals surface area (Å²) in [6.45, 7) is 6.82. The van der Waals surface area contributed by atoms with E-state index in [2.05, 4.69) is 10.3 Å². The molecule has 1 aromatic carbocycles. The van der Waals surface area contributed by atoms with Crippen molar-refractivity contribution in [3.05, 3.63) is 59.4 Å². The van der Waals surface area contributed by atoms with Crippen LogP contribution in [0.1, 0.15) is 23.6 Å². The zero-order valence-electron chi connectivity index (χ0n) is 14.5. The van der Waals surface area contributed by atoms with Crippen LogP contribution >= 0.6 is 0 Å². The molecule has 0 radical (unpaired) electrons. The third-order valence-corrected chi connectivity index (χ3v) is 4.07. The number of carbonyl (C=O) groups excluding carboxylic acids is 1. The van der Waals surface area contributed by atoms with E-state index >= 15 is 0 Å². The Morgan fingerprint density at radius 3 is 2.79 bits per heavy atom. The van der Waals surface area contributed by atoms with Crippen LogP contribution in [0.15, 0.2) is 42.7 Å². The van der Waals surface area contributed by atoms with E-state index in [1.807, 2.05) is 56.0 Å². The van der Waals surface area contributed by atoms with Gasteiger partial charge in [0.05, 0.1) is 12.6 Å². The number of aryl methyl sites for hydroxylation is 2. The molecule has 1 amide bonds. The van der Waals surface area contributed by atoms with Crippen molar-refractivity contribution in [3.8, 4) is 0 Å². The van der Waals surface area contributed by atoms with Crippen molar-refractivity contribution in [2.75, 3.05) is 18.5 Å². The Bertz CT molecular complexity index is 674. The summed E-state index contributed by atoms with van der Waals surface area (Å²) in [5.41, 5.74) is 3.97. The number of hydrogen-bond acceptors (Lipinski definition) is 4. The number of nitrogens with one attached hydrogen (secondary N) is 1. The van der Waals surface area contributed by atoms with Crippen molar-refractivity contribution in [2.24, 2.45) is 0 Å². The number of benzene rings is 1. The third kappa shape index (κ3) is 4.88. The lowest BCUT2D eigenvalue weighted by Gasteiger charge is -2.27. The van der Waals surface area contributed by atoms with E-state index in [4.69, 9.17) is 0 Å². The first-order valence-corrected chi connectivity index (χ1v) is 8.13. The summed E-state index contributed by atoms with van der Waals surface area (Å²) in [6, 6.07) is 9.46. The summed E-state index contributed by atoms with van der Waals surface area (Å²) in [4.78, 5) is 18.7. The fraction of sp³-hybridized carbons (Fsp3) is 0.368. The number of aliphatic hydroxyl groups excluding tert-OH is 1. The van der Waals surface area contributed by atoms with Crippen molar-refractivity contribution in [1.82, 2.24) is 9.88 Å². The van der Waals surface area contributed by atoms with Gasteiger partial charge in [-0.25, -0.2) is 0 Å². The summed E-state index contributed by atoms with van der Waals surface area (Å²) < 4.78 is 0. The van der Waals surface area contributed by atoms with E-state index in [1.54, 1.807) is 12.4 Å². The minimum Gasteiger partial charge on any atom is -0.395 e. The number of anilines is 1. The molecule has 0 saturated heterocycles. The second-order valence-corrected chi connectivity index (χ2v) is 6.04. The van der Waals surface area contributed by atoms with Gasteiger partial charge in [-0.15, -0.1) is 0 Å². The third-order valence-electron chi connectivity index (χ3n) is 4.07. The van der Waals surface area contributed by atoms with E-state index < -0.39 is 0 Å². The van der Waals surface area contributed by atoms with Gasteiger partial charge in [-0.3, -0.25) is 14.7 Å². The predicted molar refractivity (Wildman–Crippen MR) is 95.7 cm³/mol. The van der Waals surface area contributed by atoms with E-state index in [9.17, 15) is 9.90 Å². The van der Waals surface area contributed by atoms with Crippen molar-refractivity contribution >= 4 is 11.6 Å². The van der Waals surface area contributed by atoms with Crippen LogP contribution in [-0.2, 0) is 11.3 Å². The van der Waals surface area contributed by atoms with Crippen LogP contribution in [0.2, 0.25) is 0 Å². The van der Waals surface area contributed by atoms with Crippen molar-refractivity contribution in [2.45, 2.75) is 33.4 Å². The molecular weight excluding hydrogens is 302 g/mol. The molecule has 0 saturated carbocycles. The van der Waals surface area contributed by atoms with Crippen molar-refractivity contribution < 1.29 is 9.90 Å². The summed E-state index contributed by atoms with van der Waals surface area (Å²) in [7, 11) is 0. The van der Waals surface area contributed by atoms with Crippen molar-refractivity contribution in [3.63, 3.8) is 0 Å². The number of hydrogen-bond donors (Lipinski definition) is 2. The van der Waals surface area contributed by atoms with E-state index in [0.717, 1.165) is 22.4 Å². The molecule has 1 unspecified atom stereocenters. The predicted octanol–water partition coefficient (Wildman–Crippen LogP) is 2.52. The molecule has 5 heteroatoms. The van der Waals surface area contributed by atoms with Gasteiger partial charge >= 0.3 is 0 Å². The maximum atomic E-state index is 12.6. The standard InChI is InChI=1S/C19H25N3O2/c1-14-6-7-15(2)18(11-14)21-19(24)16(3)22(9-10-23)13-17-5-4-8-20-12-17/h4-8,11-12,16,23H,9-10,13H2,1-3H3,(H,21,24). The molecule has 0 aliphatic rings. The highest BCUT2D eigenvalue weighted by Gasteiger charge is 2.21. The molecule has 128 valence electrons. The Balaban J connectivity index is 2.09. The Hall–Kier alpha value is -2.24. The second-order valence-electron chi connectivity index (χ2n) is 6.04. The van der Waals surface area contributed by atoms with E-state index in [0.29, 0.717) is 13.1 Å². The highest BCUT2D eigenvalue weighted by molar-refractivity contribution is 5.95. The smallest absolute Gasteiger partial charge is 0.241 e. The first-order valence-electron chi connectivity index (χ1n) is 8.13. The summed E-state index contributed by atoms with van der Waals surface area (Å²) >= 11 is 0. The maximum absolute atomic E-state index is 12.6. The largest absolute Gasteiger partial charge is 0.395 e. The van der Waals surface area contributed by atoms with Gasteiger partial charge in [-0.05, 0) is 49.6 Å². The average molecular weight is 327 g/mol. The number of pyridine rings is 1. The molecule has 5 nitrogen and oxygen atoms in total. The van der Waals surface area contributed by atoms with Crippen LogP contribution in [0.3, 0.4) is 0 Å². The van der Waals surface area contributed by atoms with E-state index in [-0.39, 0.29) is 18.6 Å². The Labute approximate surface area is 143 Å². The first kappa shape index (κ1) is 18.1. The summed E-state index contributed by atoms with van der Waals surface area (Å²) in [6.07, 6.45) is 3.50. The molecule has 0 fully saturated rings. The highest BCUT2D eigenvalue weighted by Crippen LogP contribution is 2.17. The SMILES string of the molecule is Cc1ccc(C)c(NC(=O)C(C)N(CCO)Cc2cccnc2)c1. The average Bonchev–Trinajstić information content (AvgIpc) is 2.58. The minimum absolute atomic E-state index is 0.00134. The molecule has 2 rings (SSSR count). The van der Waals surface area contributed by atoms with Gasteiger partial charge in [0, 0.05) is 31.2 Å². The molecule has 1 heterocycles. The van der Waals surface area contributed by atoms with Crippen LogP contribution in [0.4, 0.5) is 5.69 Å². The monoisotopic (exact) mass is 327 g/mol. The van der Waals surface area contributed by atoms with Gasteiger partial charge in [0.25, 0.3) is 0 Å². The van der Waals surface area contributed by atoms with Gasteiger partial charge in [-0.2, -0.15) is 0 Å². The zero-order valence-corrected chi connectivity index (χ0v) is 14.5. The summed E-state index contributed by atoms with van der Waals surface area (Å²) in [5, 5.41) is 12.3. The van der Waals surface area contributed by atoms with Gasteiger partial charge in [0.2, 0.25) is 5.91 Å². The number of nitrogens with zero attached hydrogens (tertiary/aromatic N) is 2. The molecule has 0 bridgehead atoms. The van der Waals surface area contributed by atoms with Crippen LogP contribution in [0, 0.1) is 13.8 Å². The first-order chi connectivity index (χ1) is 11.5. The number of amides is 1. The molecule has 2 N–H and O–H groups in total. The second kappa shape index (κ2) is 8.57. The fourth-order valence-corrected chi connectivity index (χ4v) is 2.54. The Morgan fingerprint density at radius 2 is 2.12 bits per heavy atom. The quantitative estimate of drug-likeness (QED) is 0.820. The fourth-order valence-electron chi connectivity index (χ4n) is 2.54. The van der Waals surface area contributed by atoms with Gasteiger partial charge in [0.15, 0.2) is 0 Å². The highest BCUT2D eigenvalue weighted by atomic mass is 16.3. The normalized spacial score (nSPS) is 12.2. The molecule has 2 aromatic rings. The van der Waals surface area contributed by atoms with Crippen LogP contribution in [0.25, 0.3) is 0 Å². The molecule has 0 aliphatic heterocycles. The lowest BCUT2D eigenvalue weighted by molar-refractivity contribution is -0.121. The Kier molecular flexibility index (Phi) is 6.46. The van der Waals surface area contributed by atoms with Crippen LogP contribution in [-0.4, -0.2) is 40.1 Å². The number of rotatable bonds is 7. The number of aliphatic hydroxyl groups is 1. The van der Waals surface area contributed by atoms with Gasteiger partial charge < -0.3 is 10.4 Å². The van der Waals surface area contributed by atoms with Gasteiger partial charge in [-0.1, -0.05) is 18.2 Å². The van der Waals surface area contributed by atoms with Gasteiger partial charge in [0.1, 0.15) is 0 Å². The molecule has 0 spiro atoms. The molecule has 24 heavy (non-hydrogen) atoms.